The van der Waals surface area contributed by atoms with Gasteiger partial charge in [-0.25, -0.2) is 0 Å². The molecule has 0 aliphatic rings. The van der Waals surface area contributed by atoms with Gasteiger partial charge in [0.25, 0.3) is 0 Å². The quantitative estimate of drug-likeness (QED) is 0.663. The third kappa shape index (κ3) is 2.65. The van der Waals surface area contributed by atoms with Crippen LogP contribution in [0.2, 0.25) is 0 Å². The first kappa shape index (κ1) is 13.1. The number of nitrogens with zero attached hydrogens (tertiary/aromatic N) is 2. The number of hydrogen-bond donors (Lipinski definition) is 0. The highest BCUT2D eigenvalue weighted by atomic mass is 79.9. The second-order valence-corrected chi connectivity index (χ2v) is 5.50. The Morgan fingerprint density at radius 1 is 0.950 bits per heavy atom. The van der Waals surface area contributed by atoms with Crippen molar-refractivity contribution < 1.29 is 4.42 Å². The molecule has 100 valence electrons. The van der Waals surface area contributed by atoms with E-state index in [1.807, 2.05) is 61.5 Å². The first-order valence-electron chi connectivity index (χ1n) is 6.33. The number of rotatable bonds is 3. The average molecular weight is 329 g/mol. The number of halogens is 1. The number of hydrogen-bond acceptors (Lipinski definition) is 3. The summed E-state index contributed by atoms with van der Waals surface area (Å²) in [5.41, 5.74) is 3.23. The van der Waals surface area contributed by atoms with Crippen LogP contribution in [0, 0.1) is 6.92 Å². The zero-order valence-corrected chi connectivity index (χ0v) is 12.5. The Morgan fingerprint density at radius 2 is 1.65 bits per heavy atom. The molecule has 0 spiro atoms. The Morgan fingerprint density at radius 3 is 2.35 bits per heavy atom. The number of alkyl halides is 1. The van der Waals surface area contributed by atoms with Crippen molar-refractivity contribution in [2.75, 3.05) is 0 Å². The first-order chi connectivity index (χ1) is 9.74. The van der Waals surface area contributed by atoms with Crippen molar-refractivity contribution in [2.24, 2.45) is 0 Å². The largest absolute Gasteiger partial charge is 0.419 e. The van der Waals surface area contributed by atoms with Crippen LogP contribution >= 0.6 is 15.9 Å². The van der Waals surface area contributed by atoms with Crippen molar-refractivity contribution >= 4 is 15.9 Å². The molecule has 3 rings (SSSR count). The fourth-order valence-electron chi connectivity index (χ4n) is 1.91. The van der Waals surface area contributed by atoms with Gasteiger partial charge in [0.15, 0.2) is 0 Å². The fourth-order valence-corrected chi connectivity index (χ4v) is 2.40. The van der Waals surface area contributed by atoms with Crippen molar-refractivity contribution in [2.45, 2.75) is 11.8 Å². The van der Waals surface area contributed by atoms with Crippen LogP contribution in [-0.2, 0) is 0 Å². The molecule has 0 aliphatic carbocycles. The Kier molecular flexibility index (Phi) is 3.65. The number of aromatic nitrogens is 2. The standard InChI is InChI=1S/C16H13BrN2O/c1-11-7-9-13(10-8-11)15-18-19-16(20-15)14(17)12-5-3-2-4-6-12/h2-10,14H,1H3/t14-/m0/s1. The van der Waals surface area contributed by atoms with Crippen molar-refractivity contribution in [1.82, 2.24) is 10.2 Å². The molecular formula is C16H13BrN2O. The molecule has 0 fully saturated rings. The molecule has 1 atom stereocenters. The fraction of sp³-hybridized carbons (Fsp3) is 0.125. The molecule has 1 aromatic heterocycles. The van der Waals surface area contributed by atoms with Crippen LogP contribution in [0.4, 0.5) is 0 Å². The monoisotopic (exact) mass is 328 g/mol. The zero-order valence-electron chi connectivity index (χ0n) is 11.0. The van der Waals surface area contributed by atoms with Crippen LogP contribution in [0.15, 0.2) is 59.0 Å². The van der Waals surface area contributed by atoms with Gasteiger partial charge < -0.3 is 4.42 Å². The van der Waals surface area contributed by atoms with E-state index in [2.05, 4.69) is 26.1 Å². The molecule has 3 aromatic rings. The van der Waals surface area contributed by atoms with Crippen LogP contribution in [-0.4, -0.2) is 10.2 Å². The first-order valence-corrected chi connectivity index (χ1v) is 7.25. The van der Waals surface area contributed by atoms with Gasteiger partial charge in [-0.05, 0) is 24.6 Å². The highest BCUT2D eigenvalue weighted by molar-refractivity contribution is 9.09. The molecule has 4 heteroatoms. The van der Waals surface area contributed by atoms with Crippen LogP contribution in [0.1, 0.15) is 21.8 Å². The van der Waals surface area contributed by atoms with E-state index < -0.39 is 0 Å². The van der Waals surface area contributed by atoms with Crippen molar-refractivity contribution in [3.63, 3.8) is 0 Å². The average Bonchev–Trinajstić information content (AvgIpc) is 2.98. The summed E-state index contributed by atoms with van der Waals surface area (Å²) in [6.45, 7) is 2.05. The minimum atomic E-state index is -0.0876. The lowest BCUT2D eigenvalue weighted by molar-refractivity contribution is 0.517. The number of aryl methyl sites for hydroxylation is 1. The van der Waals surface area contributed by atoms with Crippen molar-refractivity contribution in [1.29, 1.82) is 0 Å². The minimum Gasteiger partial charge on any atom is -0.419 e. The van der Waals surface area contributed by atoms with E-state index >= 15 is 0 Å². The van der Waals surface area contributed by atoms with Crippen LogP contribution in [0.5, 0.6) is 0 Å². The van der Waals surface area contributed by atoms with Gasteiger partial charge in [0, 0.05) is 5.56 Å². The normalized spacial score (nSPS) is 12.3. The minimum absolute atomic E-state index is 0.0876. The molecule has 20 heavy (non-hydrogen) atoms. The van der Waals surface area contributed by atoms with Crippen LogP contribution in [0.25, 0.3) is 11.5 Å². The van der Waals surface area contributed by atoms with Gasteiger partial charge in [-0.15, -0.1) is 10.2 Å². The molecule has 0 aliphatic heterocycles. The lowest BCUT2D eigenvalue weighted by atomic mass is 10.1. The van der Waals surface area contributed by atoms with Crippen molar-refractivity contribution in [3.8, 4) is 11.5 Å². The molecule has 0 N–H and O–H groups in total. The molecule has 0 amide bonds. The third-order valence-electron chi connectivity index (χ3n) is 3.05. The molecule has 0 radical (unpaired) electrons. The summed E-state index contributed by atoms with van der Waals surface area (Å²) in [7, 11) is 0. The van der Waals surface area contributed by atoms with Crippen LogP contribution in [0.3, 0.4) is 0 Å². The second-order valence-electron chi connectivity index (χ2n) is 4.58. The second kappa shape index (κ2) is 5.59. The highest BCUT2D eigenvalue weighted by Crippen LogP contribution is 2.31. The summed E-state index contributed by atoms with van der Waals surface area (Å²) in [5, 5.41) is 8.24. The summed E-state index contributed by atoms with van der Waals surface area (Å²) in [6, 6.07) is 18.0. The Balaban J connectivity index is 1.89. The third-order valence-corrected chi connectivity index (χ3v) is 3.97. The Bertz CT molecular complexity index is 692. The van der Waals surface area contributed by atoms with Gasteiger partial charge >= 0.3 is 0 Å². The van der Waals surface area contributed by atoms with E-state index in [4.69, 9.17) is 4.42 Å². The molecule has 3 nitrogen and oxygen atoms in total. The Labute approximate surface area is 125 Å². The molecule has 1 heterocycles. The maximum absolute atomic E-state index is 5.76. The van der Waals surface area contributed by atoms with E-state index in [0.29, 0.717) is 11.8 Å². The lowest BCUT2D eigenvalue weighted by Crippen LogP contribution is -1.92. The summed E-state index contributed by atoms with van der Waals surface area (Å²) in [5.74, 6) is 1.10. The number of benzene rings is 2. The van der Waals surface area contributed by atoms with E-state index in [-0.39, 0.29) is 4.83 Å². The molecule has 0 saturated carbocycles. The SMILES string of the molecule is Cc1ccc(-c2nnc([C@@H](Br)c3ccccc3)o2)cc1. The van der Waals surface area contributed by atoms with Gasteiger partial charge in [-0.2, -0.15) is 0 Å². The lowest BCUT2D eigenvalue weighted by Gasteiger charge is -2.04. The van der Waals surface area contributed by atoms with Gasteiger partial charge in [0.1, 0.15) is 4.83 Å². The van der Waals surface area contributed by atoms with E-state index in [1.54, 1.807) is 0 Å². The zero-order chi connectivity index (χ0) is 13.9. The van der Waals surface area contributed by atoms with E-state index in [0.717, 1.165) is 11.1 Å². The molecule has 0 bridgehead atoms. The summed E-state index contributed by atoms with van der Waals surface area (Å²) >= 11 is 3.60. The molecule has 0 unspecified atom stereocenters. The molecule has 0 saturated heterocycles. The summed E-state index contributed by atoms with van der Waals surface area (Å²) in [6.07, 6.45) is 0. The van der Waals surface area contributed by atoms with Crippen molar-refractivity contribution in [3.05, 3.63) is 71.6 Å². The van der Waals surface area contributed by atoms with Gasteiger partial charge in [0.2, 0.25) is 11.8 Å². The molecule has 2 aromatic carbocycles. The van der Waals surface area contributed by atoms with Gasteiger partial charge in [0.05, 0.1) is 0 Å². The topological polar surface area (TPSA) is 38.9 Å². The van der Waals surface area contributed by atoms with Gasteiger partial charge in [-0.1, -0.05) is 64.0 Å². The Hall–Kier alpha value is -1.94. The van der Waals surface area contributed by atoms with Gasteiger partial charge in [-0.3, -0.25) is 0 Å². The smallest absolute Gasteiger partial charge is 0.247 e. The highest BCUT2D eigenvalue weighted by Gasteiger charge is 2.18. The maximum Gasteiger partial charge on any atom is 0.247 e. The predicted molar refractivity (Wildman–Crippen MR) is 81.7 cm³/mol. The summed E-state index contributed by atoms with van der Waals surface area (Å²) in [4.78, 5) is -0.0876. The van der Waals surface area contributed by atoms with E-state index in [1.165, 1.54) is 5.56 Å². The van der Waals surface area contributed by atoms with Crippen LogP contribution < -0.4 is 0 Å². The summed E-state index contributed by atoms with van der Waals surface area (Å²) < 4.78 is 5.76. The maximum atomic E-state index is 5.76. The molecular weight excluding hydrogens is 316 g/mol. The van der Waals surface area contributed by atoms with E-state index in [9.17, 15) is 0 Å². The predicted octanol–water partition coefficient (Wildman–Crippen LogP) is 4.53.